The second-order valence-electron chi connectivity index (χ2n) is 9.54. The predicted molar refractivity (Wildman–Crippen MR) is 147 cm³/mol. The predicted octanol–water partition coefficient (Wildman–Crippen LogP) is 5.58. The van der Waals surface area contributed by atoms with Gasteiger partial charge in [-0.15, -0.1) is 0 Å². The molecule has 9 nitrogen and oxygen atoms in total. The van der Waals surface area contributed by atoms with E-state index in [0.717, 1.165) is 45.0 Å². The first-order chi connectivity index (χ1) is 19.0. The summed E-state index contributed by atoms with van der Waals surface area (Å²) in [6, 6.07) is 19.9. The number of aryl methyl sites for hydroxylation is 2. The summed E-state index contributed by atoms with van der Waals surface area (Å²) in [6.07, 6.45) is 3.67. The second-order valence-corrected chi connectivity index (χ2v) is 9.54. The fourth-order valence-electron chi connectivity index (χ4n) is 4.78. The molecule has 0 aliphatic carbocycles. The van der Waals surface area contributed by atoms with Gasteiger partial charge in [-0.3, -0.25) is 0 Å². The average molecular weight is 524 g/mol. The van der Waals surface area contributed by atoms with Crippen LogP contribution in [0.1, 0.15) is 34.3 Å². The molecule has 2 aromatic carbocycles. The highest BCUT2D eigenvalue weighted by molar-refractivity contribution is 5.97. The van der Waals surface area contributed by atoms with Crippen molar-refractivity contribution in [3.8, 4) is 17.3 Å². The normalized spacial score (nSPS) is 15.2. The van der Waals surface area contributed by atoms with Crippen LogP contribution in [-0.2, 0) is 11.4 Å². The van der Waals surface area contributed by atoms with E-state index in [4.69, 9.17) is 23.7 Å². The standard InChI is InChI=1S/C30H29N5O4/c1-19-5-8-22-14-28(39-27(22)13-19)26-17-38-33-29(35(26)16-21-6-9-23(36-3)10-7-21)24-11-12-25(30(32-24)37-4)34-15-20(2)31-18-34/h5-15,18,26H,16-17H2,1-4H3/t26-/m1/s1. The van der Waals surface area contributed by atoms with Crippen molar-refractivity contribution in [3.63, 3.8) is 0 Å². The van der Waals surface area contributed by atoms with Crippen LogP contribution >= 0.6 is 0 Å². The number of methoxy groups -OCH3 is 2. The molecule has 198 valence electrons. The van der Waals surface area contributed by atoms with E-state index in [-0.39, 0.29) is 6.04 Å². The molecule has 0 bridgehead atoms. The van der Waals surface area contributed by atoms with E-state index in [1.807, 2.05) is 60.2 Å². The number of imidazole rings is 1. The molecule has 3 aromatic heterocycles. The van der Waals surface area contributed by atoms with E-state index in [0.29, 0.717) is 30.6 Å². The van der Waals surface area contributed by atoms with Crippen molar-refractivity contribution in [2.45, 2.75) is 26.4 Å². The third-order valence-corrected chi connectivity index (χ3v) is 6.82. The van der Waals surface area contributed by atoms with Crippen LogP contribution in [0.25, 0.3) is 16.7 Å². The second kappa shape index (κ2) is 10.2. The Morgan fingerprint density at radius 3 is 2.56 bits per heavy atom. The first-order valence-electron chi connectivity index (χ1n) is 12.7. The van der Waals surface area contributed by atoms with Crippen LogP contribution in [-0.4, -0.2) is 46.1 Å². The van der Waals surface area contributed by atoms with Gasteiger partial charge in [-0.05, 0) is 61.4 Å². The molecule has 0 radical (unpaired) electrons. The summed E-state index contributed by atoms with van der Waals surface area (Å²) in [5.41, 5.74) is 5.38. The Kier molecular flexibility index (Phi) is 6.40. The first-order valence-corrected chi connectivity index (χ1v) is 12.7. The lowest BCUT2D eigenvalue weighted by Crippen LogP contribution is -2.40. The molecule has 9 heteroatoms. The summed E-state index contributed by atoms with van der Waals surface area (Å²) in [7, 11) is 3.27. The summed E-state index contributed by atoms with van der Waals surface area (Å²) in [6.45, 7) is 4.89. The Labute approximate surface area is 226 Å². The van der Waals surface area contributed by atoms with Gasteiger partial charge in [0, 0.05) is 18.1 Å². The molecule has 0 saturated heterocycles. The fraction of sp³-hybridized carbons (Fsp3) is 0.233. The number of oxime groups is 1. The van der Waals surface area contributed by atoms with Crippen LogP contribution in [0.4, 0.5) is 0 Å². The van der Waals surface area contributed by atoms with Gasteiger partial charge in [0.05, 0.1) is 26.2 Å². The molecule has 0 amide bonds. The molecule has 1 aliphatic heterocycles. The number of amidine groups is 1. The third-order valence-electron chi connectivity index (χ3n) is 6.82. The maximum Gasteiger partial charge on any atom is 0.238 e. The molecule has 1 aliphatic rings. The van der Waals surface area contributed by atoms with Gasteiger partial charge < -0.3 is 28.2 Å². The summed E-state index contributed by atoms with van der Waals surface area (Å²) in [4.78, 5) is 17.1. The smallest absolute Gasteiger partial charge is 0.238 e. The number of ether oxygens (including phenoxy) is 2. The van der Waals surface area contributed by atoms with E-state index in [2.05, 4.69) is 40.2 Å². The fourth-order valence-corrected chi connectivity index (χ4v) is 4.78. The number of hydrogen-bond acceptors (Lipinski definition) is 8. The van der Waals surface area contributed by atoms with E-state index in [9.17, 15) is 0 Å². The quantitative estimate of drug-likeness (QED) is 0.275. The van der Waals surface area contributed by atoms with Crippen molar-refractivity contribution in [1.82, 2.24) is 19.4 Å². The summed E-state index contributed by atoms with van der Waals surface area (Å²) < 4.78 is 19.3. The molecular weight excluding hydrogens is 494 g/mol. The Hall–Kier alpha value is -4.79. The van der Waals surface area contributed by atoms with Gasteiger partial charge in [0.15, 0.2) is 5.84 Å². The van der Waals surface area contributed by atoms with Gasteiger partial charge in [0.2, 0.25) is 5.88 Å². The lowest BCUT2D eigenvalue weighted by molar-refractivity contribution is 0.0500. The largest absolute Gasteiger partial charge is 0.497 e. The Morgan fingerprint density at radius 2 is 1.82 bits per heavy atom. The molecule has 0 fully saturated rings. The minimum atomic E-state index is -0.226. The molecule has 0 saturated carbocycles. The van der Waals surface area contributed by atoms with Crippen LogP contribution < -0.4 is 9.47 Å². The monoisotopic (exact) mass is 523 g/mol. The molecule has 4 heterocycles. The van der Waals surface area contributed by atoms with Crippen molar-refractivity contribution in [2.24, 2.45) is 5.16 Å². The van der Waals surface area contributed by atoms with Gasteiger partial charge in [-0.2, -0.15) is 0 Å². The van der Waals surface area contributed by atoms with E-state index >= 15 is 0 Å². The highest BCUT2D eigenvalue weighted by atomic mass is 16.6. The van der Waals surface area contributed by atoms with Crippen molar-refractivity contribution in [3.05, 3.63) is 101 Å². The number of fused-ring (bicyclic) bond motifs is 1. The lowest BCUT2D eigenvalue weighted by atomic mass is 10.1. The van der Waals surface area contributed by atoms with Crippen molar-refractivity contribution >= 4 is 16.8 Å². The molecular formula is C30H29N5O4. The molecule has 1 atom stereocenters. The van der Waals surface area contributed by atoms with E-state index < -0.39 is 0 Å². The van der Waals surface area contributed by atoms with E-state index in [1.54, 1.807) is 20.5 Å². The summed E-state index contributed by atoms with van der Waals surface area (Å²) in [5, 5.41) is 5.52. The van der Waals surface area contributed by atoms with Crippen molar-refractivity contribution < 1.29 is 18.7 Å². The van der Waals surface area contributed by atoms with E-state index in [1.165, 1.54) is 0 Å². The van der Waals surface area contributed by atoms with Crippen LogP contribution in [0.15, 0.2) is 82.8 Å². The Morgan fingerprint density at radius 1 is 0.974 bits per heavy atom. The zero-order valence-corrected chi connectivity index (χ0v) is 22.3. The van der Waals surface area contributed by atoms with Crippen LogP contribution in [0.3, 0.4) is 0 Å². The van der Waals surface area contributed by atoms with Crippen molar-refractivity contribution in [1.29, 1.82) is 0 Å². The number of benzene rings is 2. The number of rotatable bonds is 7. The summed E-state index contributed by atoms with van der Waals surface area (Å²) >= 11 is 0. The van der Waals surface area contributed by atoms with Gasteiger partial charge >= 0.3 is 0 Å². The minimum absolute atomic E-state index is 0.226. The highest BCUT2D eigenvalue weighted by Gasteiger charge is 2.33. The molecule has 6 rings (SSSR count). The minimum Gasteiger partial charge on any atom is -0.497 e. The zero-order valence-electron chi connectivity index (χ0n) is 22.3. The van der Waals surface area contributed by atoms with Crippen LogP contribution in [0.5, 0.6) is 11.6 Å². The molecule has 0 N–H and O–H groups in total. The van der Waals surface area contributed by atoms with Crippen molar-refractivity contribution in [2.75, 3.05) is 20.8 Å². The van der Waals surface area contributed by atoms with Crippen LogP contribution in [0.2, 0.25) is 0 Å². The van der Waals surface area contributed by atoms with Crippen LogP contribution in [0, 0.1) is 13.8 Å². The average Bonchev–Trinajstić information content (AvgIpc) is 3.59. The Bertz CT molecular complexity index is 1650. The van der Waals surface area contributed by atoms with Gasteiger partial charge in [-0.1, -0.05) is 29.4 Å². The maximum absolute atomic E-state index is 6.35. The highest BCUT2D eigenvalue weighted by Crippen LogP contribution is 2.34. The van der Waals surface area contributed by atoms with Gasteiger partial charge in [0.1, 0.15) is 41.1 Å². The van der Waals surface area contributed by atoms with Gasteiger partial charge in [0.25, 0.3) is 0 Å². The third kappa shape index (κ3) is 4.79. The molecule has 5 aromatic rings. The SMILES string of the molecule is COc1ccc(CN2C(c3ccc(-n4cnc(C)c4)c(OC)n3)=NOC[C@@H]2c2cc3ccc(C)cc3o2)cc1. The number of furan rings is 1. The zero-order chi connectivity index (χ0) is 26.9. The number of hydrogen-bond donors (Lipinski definition) is 0. The van der Waals surface area contributed by atoms with Gasteiger partial charge in [-0.25, -0.2) is 9.97 Å². The Balaban J connectivity index is 1.41. The maximum atomic E-state index is 6.35. The summed E-state index contributed by atoms with van der Waals surface area (Å²) in [5.74, 6) is 2.65. The topological polar surface area (TPSA) is 87.1 Å². The number of pyridine rings is 1. The molecule has 39 heavy (non-hydrogen) atoms. The molecule has 0 unspecified atom stereocenters. The lowest BCUT2D eigenvalue weighted by Gasteiger charge is -2.35. The molecule has 0 spiro atoms. The number of aromatic nitrogens is 3. The first kappa shape index (κ1) is 24.5. The number of nitrogens with zero attached hydrogens (tertiary/aromatic N) is 5.